The van der Waals surface area contributed by atoms with Crippen LogP contribution in [0.3, 0.4) is 0 Å². The Hall–Kier alpha value is -2.30. The van der Waals surface area contributed by atoms with E-state index >= 15 is 0 Å². The van der Waals surface area contributed by atoms with E-state index in [1.54, 1.807) is 6.07 Å². The smallest absolute Gasteiger partial charge is 0.207 e. The van der Waals surface area contributed by atoms with Crippen molar-refractivity contribution in [1.82, 2.24) is 4.72 Å². The first-order chi connectivity index (χ1) is 10.4. The van der Waals surface area contributed by atoms with E-state index in [-0.39, 0.29) is 12.1 Å². The molecule has 0 unspecified atom stereocenters. The van der Waals surface area contributed by atoms with E-state index in [9.17, 15) is 21.6 Å². The highest BCUT2D eigenvalue weighted by molar-refractivity contribution is 7.89. The number of rotatable bonds is 3. The number of sulfonamides is 1. The van der Waals surface area contributed by atoms with Crippen molar-refractivity contribution < 1.29 is 21.6 Å². The Bertz CT molecular complexity index is 834. The predicted octanol–water partition coefficient (Wildman–Crippen LogP) is 2.43. The lowest BCUT2D eigenvalue weighted by Crippen LogP contribution is -2.24. The van der Waals surface area contributed by atoms with Gasteiger partial charge in [0.1, 0.15) is 17.5 Å². The third kappa shape index (κ3) is 4.10. The molecule has 0 atom stereocenters. The molecule has 0 saturated carbocycles. The molecule has 0 radical (unpaired) electrons. The standard InChI is InChI=1S/C15H10F3NO2S/c16-12-8-13(17)10-14(9-12)22(20,21)19-7-3-5-11-4-1-2-6-15(11)18/h1-2,4,6,8-10,19H,7H2. The Labute approximate surface area is 125 Å². The largest absolute Gasteiger partial charge is 0.241 e. The van der Waals surface area contributed by atoms with Crippen LogP contribution in [0.4, 0.5) is 13.2 Å². The Kier molecular flexibility index (Phi) is 4.85. The second-order valence-electron chi connectivity index (χ2n) is 4.21. The molecule has 7 heteroatoms. The van der Waals surface area contributed by atoms with Gasteiger partial charge in [-0.1, -0.05) is 24.0 Å². The molecule has 0 aromatic heterocycles. The lowest BCUT2D eigenvalue weighted by molar-refractivity contribution is 0.563. The van der Waals surface area contributed by atoms with Gasteiger partial charge in [0.15, 0.2) is 0 Å². The monoisotopic (exact) mass is 325 g/mol. The van der Waals surface area contributed by atoms with Gasteiger partial charge >= 0.3 is 0 Å². The first kappa shape index (κ1) is 16.1. The summed E-state index contributed by atoms with van der Waals surface area (Å²) in [4.78, 5) is -0.544. The van der Waals surface area contributed by atoms with E-state index < -0.39 is 32.4 Å². The van der Waals surface area contributed by atoms with Gasteiger partial charge in [0.25, 0.3) is 0 Å². The summed E-state index contributed by atoms with van der Waals surface area (Å²) < 4.78 is 65.0. The third-order valence-corrected chi connectivity index (χ3v) is 3.97. The van der Waals surface area contributed by atoms with E-state index in [1.807, 2.05) is 0 Å². The quantitative estimate of drug-likeness (QED) is 0.881. The van der Waals surface area contributed by atoms with Gasteiger partial charge in [-0.25, -0.2) is 21.6 Å². The molecule has 0 aliphatic heterocycles. The molecule has 0 aliphatic carbocycles. The second-order valence-corrected chi connectivity index (χ2v) is 5.98. The Morgan fingerprint density at radius 3 is 2.27 bits per heavy atom. The summed E-state index contributed by atoms with van der Waals surface area (Å²) in [5.74, 6) is 2.36. The maximum Gasteiger partial charge on any atom is 0.241 e. The van der Waals surface area contributed by atoms with Crippen LogP contribution in [-0.4, -0.2) is 15.0 Å². The molecule has 0 heterocycles. The maximum absolute atomic E-state index is 13.3. The van der Waals surface area contributed by atoms with Crippen molar-refractivity contribution in [2.24, 2.45) is 0 Å². The van der Waals surface area contributed by atoms with Crippen molar-refractivity contribution in [3.05, 3.63) is 65.5 Å². The molecule has 0 fully saturated rings. The number of hydrogen-bond acceptors (Lipinski definition) is 2. The second kappa shape index (κ2) is 6.64. The molecule has 2 aromatic rings. The molecule has 0 amide bonds. The molecule has 114 valence electrons. The van der Waals surface area contributed by atoms with Crippen LogP contribution in [0.2, 0.25) is 0 Å². The van der Waals surface area contributed by atoms with E-state index in [2.05, 4.69) is 16.6 Å². The highest BCUT2D eigenvalue weighted by Crippen LogP contribution is 2.13. The fourth-order valence-corrected chi connectivity index (χ4v) is 2.56. The summed E-state index contributed by atoms with van der Waals surface area (Å²) in [6.07, 6.45) is 0. The number of nitrogens with one attached hydrogen (secondary N) is 1. The van der Waals surface area contributed by atoms with Gasteiger partial charge in [-0.15, -0.1) is 0 Å². The van der Waals surface area contributed by atoms with Crippen LogP contribution in [0.5, 0.6) is 0 Å². The summed E-state index contributed by atoms with van der Waals surface area (Å²) in [7, 11) is -4.10. The van der Waals surface area contributed by atoms with Gasteiger partial charge in [0.05, 0.1) is 17.0 Å². The van der Waals surface area contributed by atoms with Gasteiger partial charge in [-0.3, -0.25) is 0 Å². The van der Waals surface area contributed by atoms with E-state index in [0.29, 0.717) is 18.2 Å². The Morgan fingerprint density at radius 2 is 1.64 bits per heavy atom. The summed E-state index contributed by atoms with van der Waals surface area (Å²) in [6, 6.07) is 7.71. The molecule has 0 bridgehead atoms. The van der Waals surface area contributed by atoms with Gasteiger partial charge in [-0.2, -0.15) is 4.72 Å². The number of hydrogen-bond donors (Lipinski definition) is 1. The van der Waals surface area contributed by atoms with E-state index in [1.165, 1.54) is 18.2 Å². The van der Waals surface area contributed by atoms with Crippen LogP contribution in [0.15, 0.2) is 47.4 Å². The zero-order valence-electron chi connectivity index (χ0n) is 11.1. The minimum atomic E-state index is -4.10. The van der Waals surface area contributed by atoms with Crippen molar-refractivity contribution in [2.45, 2.75) is 4.90 Å². The number of halogens is 3. The predicted molar refractivity (Wildman–Crippen MR) is 74.8 cm³/mol. The average molecular weight is 325 g/mol. The lowest BCUT2D eigenvalue weighted by Gasteiger charge is -2.04. The minimum Gasteiger partial charge on any atom is -0.207 e. The van der Waals surface area contributed by atoms with Crippen molar-refractivity contribution in [3.63, 3.8) is 0 Å². The maximum atomic E-state index is 13.3. The average Bonchev–Trinajstić information content (AvgIpc) is 2.44. The molecule has 2 rings (SSSR count). The molecule has 1 N–H and O–H groups in total. The summed E-state index contributed by atoms with van der Waals surface area (Å²) in [6.45, 7) is -0.325. The highest BCUT2D eigenvalue weighted by atomic mass is 32.2. The van der Waals surface area contributed by atoms with Crippen LogP contribution in [0.1, 0.15) is 5.56 Å². The van der Waals surface area contributed by atoms with E-state index in [0.717, 1.165) is 0 Å². The van der Waals surface area contributed by atoms with Crippen LogP contribution in [0, 0.1) is 29.3 Å². The van der Waals surface area contributed by atoms with Crippen molar-refractivity contribution in [2.75, 3.05) is 6.54 Å². The fourth-order valence-electron chi connectivity index (χ4n) is 1.60. The van der Waals surface area contributed by atoms with Crippen LogP contribution < -0.4 is 4.72 Å². The third-order valence-electron chi connectivity index (χ3n) is 2.59. The molecule has 2 aromatic carbocycles. The Balaban J connectivity index is 2.10. The highest BCUT2D eigenvalue weighted by Gasteiger charge is 2.15. The normalized spacial score (nSPS) is 10.9. The first-order valence-electron chi connectivity index (χ1n) is 6.08. The van der Waals surface area contributed by atoms with E-state index in [4.69, 9.17) is 0 Å². The van der Waals surface area contributed by atoms with Crippen molar-refractivity contribution in [1.29, 1.82) is 0 Å². The number of benzene rings is 2. The fraction of sp³-hybridized carbons (Fsp3) is 0.0667. The lowest BCUT2D eigenvalue weighted by atomic mass is 10.2. The van der Waals surface area contributed by atoms with Crippen molar-refractivity contribution >= 4 is 10.0 Å². The summed E-state index contributed by atoms with van der Waals surface area (Å²) in [5.41, 5.74) is 0.124. The zero-order valence-corrected chi connectivity index (χ0v) is 11.9. The van der Waals surface area contributed by atoms with Gasteiger partial charge in [0.2, 0.25) is 10.0 Å². The topological polar surface area (TPSA) is 46.2 Å². The molecule has 0 spiro atoms. The molecular weight excluding hydrogens is 315 g/mol. The molecule has 0 saturated heterocycles. The van der Waals surface area contributed by atoms with Crippen molar-refractivity contribution in [3.8, 4) is 11.8 Å². The SMILES string of the molecule is O=S(=O)(NCC#Cc1ccccc1F)c1cc(F)cc(F)c1. The molecule has 0 aliphatic rings. The van der Waals surface area contributed by atoms with Crippen LogP contribution in [0.25, 0.3) is 0 Å². The zero-order chi connectivity index (χ0) is 16.2. The molecular formula is C15H10F3NO2S. The van der Waals surface area contributed by atoms with Gasteiger partial charge in [0, 0.05) is 6.07 Å². The Morgan fingerprint density at radius 1 is 1.00 bits per heavy atom. The molecule has 3 nitrogen and oxygen atoms in total. The summed E-state index contributed by atoms with van der Waals surface area (Å²) >= 11 is 0. The van der Waals surface area contributed by atoms with Crippen LogP contribution >= 0.6 is 0 Å². The molecule has 22 heavy (non-hydrogen) atoms. The van der Waals surface area contributed by atoms with Gasteiger partial charge < -0.3 is 0 Å². The first-order valence-corrected chi connectivity index (χ1v) is 7.56. The minimum absolute atomic E-state index is 0.124. The van der Waals surface area contributed by atoms with Crippen LogP contribution in [-0.2, 0) is 10.0 Å². The summed E-state index contributed by atoms with van der Waals surface area (Å²) in [5, 5.41) is 0. The van der Waals surface area contributed by atoms with Gasteiger partial charge in [-0.05, 0) is 24.3 Å².